The van der Waals surface area contributed by atoms with Crippen LogP contribution in [-0.4, -0.2) is 30.6 Å². The van der Waals surface area contributed by atoms with Crippen molar-refractivity contribution in [3.05, 3.63) is 59.3 Å². The minimum Gasteiger partial charge on any atom is -0.497 e. The molecule has 0 unspecified atom stereocenters. The van der Waals surface area contributed by atoms with Gasteiger partial charge in [-0.3, -0.25) is 4.79 Å². The van der Waals surface area contributed by atoms with E-state index in [1.165, 1.54) is 11.1 Å². The van der Waals surface area contributed by atoms with E-state index in [0.717, 1.165) is 11.9 Å². The highest BCUT2D eigenvalue weighted by atomic mass is 16.5. The minimum atomic E-state index is -0.504. The number of H-pyrrole nitrogens is 1. The quantitative estimate of drug-likeness (QED) is 0.521. The summed E-state index contributed by atoms with van der Waals surface area (Å²) in [5, 5.41) is 3.63. The Kier molecular flexibility index (Phi) is 6.77. The van der Waals surface area contributed by atoms with E-state index in [1.54, 1.807) is 26.2 Å². The lowest BCUT2D eigenvalue weighted by atomic mass is 9.97. The Morgan fingerprint density at radius 1 is 1.17 bits per heavy atom. The van der Waals surface area contributed by atoms with Gasteiger partial charge in [0.15, 0.2) is 0 Å². The zero-order chi connectivity index (χ0) is 21.7. The smallest absolute Gasteiger partial charge is 0.356 e. The number of rotatable bonds is 8. The molecule has 0 spiro atoms. The standard InChI is InChI=1S/C24H28N2O4/c1-5-30-24(28)23-22(19-14-18(29-4)9-10-20(19)25-23)26-21(27)13-16(3)12-17-8-6-7-15(2)11-17/h6-11,14,16,25H,5,12-13H2,1-4H3,(H,26,27)/t16-/m0/s1. The van der Waals surface area contributed by atoms with Crippen molar-refractivity contribution in [2.24, 2.45) is 5.92 Å². The monoisotopic (exact) mass is 408 g/mol. The molecule has 6 heteroatoms. The number of carbonyl (C=O) groups is 2. The molecule has 1 amide bonds. The fraction of sp³-hybridized carbons (Fsp3) is 0.333. The van der Waals surface area contributed by atoms with E-state index < -0.39 is 5.97 Å². The van der Waals surface area contributed by atoms with Crippen LogP contribution >= 0.6 is 0 Å². The average Bonchev–Trinajstić information content (AvgIpc) is 3.05. The molecule has 1 heterocycles. The molecule has 3 rings (SSSR count). The van der Waals surface area contributed by atoms with Crippen LogP contribution in [0.15, 0.2) is 42.5 Å². The second-order valence-electron chi connectivity index (χ2n) is 7.56. The van der Waals surface area contributed by atoms with Crippen molar-refractivity contribution in [2.45, 2.75) is 33.6 Å². The SMILES string of the molecule is CCOC(=O)c1[nH]c2ccc(OC)cc2c1NC(=O)C[C@@H](C)Cc1cccc(C)c1. The molecular weight excluding hydrogens is 380 g/mol. The number of hydrogen-bond acceptors (Lipinski definition) is 4. The third-order valence-corrected chi connectivity index (χ3v) is 4.95. The highest BCUT2D eigenvalue weighted by Gasteiger charge is 2.22. The highest BCUT2D eigenvalue weighted by molar-refractivity contribution is 6.11. The highest BCUT2D eigenvalue weighted by Crippen LogP contribution is 2.32. The Bertz CT molecular complexity index is 1050. The van der Waals surface area contributed by atoms with Gasteiger partial charge in [0.1, 0.15) is 11.4 Å². The molecule has 0 saturated heterocycles. The molecule has 1 atom stereocenters. The van der Waals surface area contributed by atoms with Gasteiger partial charge in [0.2, 0.25) is 5.91 Å². The van der Waals surface area contributed by atoms with Crippen LogP contribution in [0, 0.1) is 12.8 Å². The summed E-state index contributed by atoms with van der Waals surface area (Å²) in [6.07, 6.45) is 1.15. The van der Waals surface area contributed by atoms with Crippen LogP contribution in [0.2, 0.25) is 0 Å². The fourth-order valence-electron chi connectivity index (χ4n) is 3.60. The number of nitrogens with one attached hydrogen (secondary N) is 2. The van der Waals surface area contributed by atoms with Crippen molar-refractivity contribution in [2.75, 3.05) is 19.0 Å². The summed E-state index contributed by atoms with van der Waals surface area (Å²) < 4.78 is 10.5. The van der Waals surface area contributed by atoms with Crippen molar-refractivity contribution in [1.82, 2.24) is 4.98 Å². The second kappa shape index (κ2) is 9.48. The summed E-state index contributed by atoms with van der Waals surface area (Å²) in [4.78, 5) is 28.3. The molecular formula is C24H28N2O4. The van der Waals surface area contributed by atoms with Crippen LogP contribution in [0.25, 0.3) is 10.9 Å². The molecule has 1 aromatic heterocycles. The van der Waals surface area contributed by atoms with Crippen LogP contribution in [0.3, 0.4) is 0 Å². The number of anilines is 1. The number of benzene rings is 2. The van der Waals surface area contributed by atoms with Crippen LogP contribution in [0.1, 0.15) is 41.9 Å². The number of methoxy groups -OCH3 is 1. The normalized spacial score (nSPS) is 11.9. The third kappa shape index (κ3) is 5.00. The lowest BCUT2D eigenvalue weighted by Gasteiger charge is -2.13. The lowest BCUT2D eigenvalue weighted by Crippen LogP contribution is -2.18. The maximum absolute atomic E-state index is 12.8. The summed E-state index contributed by atoms with van der Waals surface area (Å²) in [6.45, 7) is 6.10. The molecule has 0 fully saturated rings. The number of ether oxygens (including phenoxy) is 2. The molecule has 3 aromatic rings. The van der Waals surface area contributed by atoms with Crippen molar-refractivity contribution >= 4 is 28.5 Å². The molecule has 0 aliphatic heterocycles. The van der Waals surface area contributed by atoms with Gasteiger partial charge in [-0.1, -0.05) is 36.8 Å². The van der Waals surface area contributed by atoms with E-state index in [4.69, 9.17) is 9.47 Å². The van der Waals surface area contributed by atoms with Gasteiger partial charge in [-0.2, -0.15) is 0 Å². The van der Waals surface area contributed by atoms with Gasteiger partial charge in [-0.15, -0.1) is 0 Å². The number of aryl methyl sites for hydroxylation is 1. The molecule has 2 aromatic carbocycles. The second-order valence-corrected chi connectivity index (χ2v) is 7.56. The zero-order valence-corrected chi connectivity index (χ0v) is 17.9. The first-order valence-electron chi connectivity index (χ1n) is 10.1. The first kappa shape index (κ1) is 21.4. The maximum atomic E-state index is 12.8. The summed E-state index contributed by atoms with van der Waals surface area (Å²) in [5.41, 5.74) is 3.80. The summed E-state index contributed by atoms with van der Waals surface area (Å²) >= 11 is 0. The van der Waals surface area contributed by atoms with Gasteiger partial charge in [0, 0.05) is 17.3 Å². The number of fused-ring (bicyclic) bond motifs is 1. The fourth-order valence-corrected chi connectivity index (χ4v) is 3.60. The van der Waals surface area contributed by atoms with Crippen LogP contribution in [0.4, 0.5) is 5.69 Å². The Morgan fingerprint density at radius 3 is 2.67 bits per heavy atom. The summed E-state index contributed by atoms with van der Waals surface area (Å²) in [7, 11) is 1.57. The van der Waals surface area contributed by atoms with Crippen molar-refractivity contribution in [3.8, 4) is 5.75 Å². The molecule has 0 aliphatic rings. The number of carbonyl (C=O) groups excluding carboxylic acids is 2. The molecule has 30 heavy (non-hydrogen) atoms. The minimum absolute atomic E-state index is 0.149. The number of amides is 1. The molecule has 0 saturated carbocycles. The van der Waals surface area contributed by atoms with E-state index in [0.29, 0.717) is 23.2 Å². The number of hydrogen-bond donors (Lipinski definition) is 2. The first-order valence-corrected chi connectivity index (χ1v) is 10.1. The van der Waals surface area contributed by atoms with Crippen LogP contribution < -0.4 is 10.1 Å². The largest absolute Gasteiger partial charge is 0.497 e. The molecule has 2 N–H and O–H groups in total. The maximum Gasteiger partial charge on any atom is 0.356 e. The van der Waals surface area contributed by atoms with E-state index >= 15 is 0 Å². The average molecular weight is 408 g/mol. The Hall–Kier alpha value is -3.28. The van der Waals surface area contributed by atoms with Crippen LogP contribution in [-0.2, 0) is 16.0 Å². The summed E-state index contributed by atoms with van der Waals surface area (Å²) in [5.74, 6) is 0.137. The van der Waals surface area contributed by atoms with Crippen molar-refractivity contribution < 1.29 is 19.1 Å². The number of aromatic nitrogens is 1. The Morgan fingerprint density at radius 2 is 1.97 bits per heavy atom. The molecule has 0 radical (unpaired) electrons. The van der Waals surface area contributed by atoms with Crippen LogP contribution in [0.5, 0.6) is 5.75 Å². The van der Waals surface area contributed by atoms with Crippen molar-refractivity contribution in [1.29, 1.82) is 0 Å². The topological polar surface area (TPSA) is 80.4 Å². The van der Waals surface area contributed by atoms with E-state index in [-0.39, 0.29) is 24.1 Å². The van der Waals surface area contributed by atoms with Gasteiger partial charge in [-0.25, -0.2) is 4.79 Å². The van der Waals surface area contributed by atoms with Gasteiger partial charge in [0.05, 0.1) is 19.4 Å². The first-order chi connectivity index (χ1) is 14.4. The molecule has 0 bridgehead atoms. The summed E-state index contributed by atoms with van der Waals surface area (Å²) in [6, 6.07) is 13.7. The molecule has 0 aliphatic carbocycles. The zero-order valence-electron chi connectivity index (χ0n) is 17.9. The Labute approximate surface area is 176 Å². The van der Waals surface area contributed by atoms with Gasteiger partial charge in [-0.05, 0) is 49.9 Å². The van der Waals surface area contributed by atoms with Crippen molar-refractivity contribution in [3.63, 3.8) is 0 Å². The predicted molar refractivity (Wildman–Crippen MR) is 118 cm³/mol. The number of aromatic amines is 1. The molecule has 158 valence electrons. The number of esters is 1. The predicted octanol–water partition coefficient (Wildman–Crippen LogP) is 4.87. The van der Waals surface area contributed by atoms with E-state index in [1.807, 2.05) is 19.1 Å². The van der Waals surface area contributed by atoms with E-state index in [9.17, 15) is 9.59 Å². The lowest BCUT2D eigenvalue weighted by molar-refractivity contribution is -0.116. The third-order valence-electron chi connectivity index (χ3n) is 4.95. The van der Waals surface area contributed by atoms with Gasteiger partial charge >= 0.3 is 5.97 Å². The molecule has 6 nitrogen and oxygen atoms in total. The van der Waals surface area contributed by atoms with Gasteiger partial charge in [0.25, 0.3) is 0 Å². The Balaban J connectivity index is 1.81. The van der Waals surface area contributed by atoms with E-state index in [2.05, 4.69) is 35.4 Å². The van der Waals surface area contributed by atoms with Gasteiger partial charge < -0.3 is 19.8 Å².